The van der Waals surface area contributed by atoms with Gasteiger partial charge in [-0.2, -0.15) is 0 Å². The van der Waals surface area contributed by atoms with E-state index in [4.69, 9.17) is 10.6 Å². The average Bonchev–Trinajstić information content (AvgIpc) is 2.38. The lowest BCUT2D eigenvalue weighted by atomic mass is 9.82. The van der Waals surface area contributed by atoms with Crippen LogP contribution in [0.25, 0.3) is 10.4 Å². The summed E-state index contributed by atoms with van der Waals surface area (Å²) in [5.74, 6) is -0.203. The fourth-order valence-corrected chi connectivity index (χ4v) is 2.36. The molecule has 0 bridgehead atoms. The van der Waals surface area contributed by atoms with Gasteiger partial charge in [-0.05, 0) is 31.7 Å². The highest BCUT2D eigenvalue weighted by Crippen LogP contribution is 2.28. The lowest BCUT2D eigenvalue weighted by Crippen LogP contribution is -2.48. The van der Waals surface area contributed by atoms with Crippen LogP contribution in [0.3, 0.4) is 0 Å². The van der Waals surface area contributed by atoms with E-state index >= 15 is 0 Å². The van der Waals surface area contributed by atoms with Crippen LogP contribution >= 0.6 is 0 Å². The molecule has 8 nitrogen and oxygen atoms in total. The van der Waals surface area contributed by atoms with E-state index in [0.717, 1.165) is 0 Å². The second-order valence-electron chi connectivity index (χ2n) is 4.69. The van der Waals surface area contributed by atoms with Crippen molar-refractivity contribution in [3.63, 3.8) is 0 Å². The topological polar surface area (TPSA) is 118 Å². The highest BCUT2D eigenvalue weighted by molar-refractivity contribution is 5.78. The summed E-state index contributed by atoms with van der Waals surface area (Å²) in [6.07, 6.45) is 0.340. The quantitative estimate of drug-likeness (QED) is 0.458. The van der Waals surface area contributed by atoms with Crippen molar-refractivity contribution in [3.05, 3.63) is 10.4 Å². The van der Waals surface area contributed by atoms with Gasteiger partial charge in [-0.15, -0.1) is 0 Å². The summed E-state index contributed by atoms with van der Waals surface area (Å²) in [6.45, 7) is 2.50. The highest BCUT2D eigenvalue weighted by atomic mass is 16.4. The minimum atomic E-state index is -1.17. The molecule has 0 spiro atoms. The maximum Gasteiger partial charge on any atom is 0.404 e. The third-order valence-electron chi connectivity index (χ3n) is 3.52. The molecular formula is C11H19N5O3. The molecule has 1 rings (SSSR count). The Balaban J connectivity index is 2.75. The van der Waals surface area contributed by atoms with Gasteiger partial charge in [-0.1, -0.05) is 5.11 Å². The number of nitrogens with zero attached hydrogens (tertiary/aromatic N) is 4. The molecular weight excluding hydrogens is 250 g/mol. The van der Waals surface area contributed by atoms with Crippen LogP contribution in [-0.4, -0.2) is 47.7 Å². The van der Waals surface area contributed by atoms with Crippen molar-refractivity contribution in [2.24, 2.45) is 11.0 Å². The number of nitrogens with one attached hydrogen (secondary N) is 1. The van der Waals surface area contributed by atoms with E-state index in [9.17, 15) is 9.59 Å². The molecule has 0 saturated heterocycles. The SMILES string of the molecule is CCN(C)C(=O)[C@H]1CC[C@H](N=[N+]=[N-])[C@H](NC(=O)O)C1. The van der Waals surface area contributed by atoms with Crippen molar-refractivity contribution in [2.45, 2.75) is 38.3 Å². The van der Waals surface area contributed by atoms with E-state index in [1.165, 1.54) is 0 Å². The first-order valence-electron chi connectivity index (χ1n) is 6.28. The Bertz CT molecular complexity index is 394. The standard InChI is InChI=1S/C11H19N5O3/c1-3-16(2)10(17)7-4-5-8(14-15-12)9(6-7)13-11(18)19/h7-9,13H,3-6H2,1-2H3,(H,18,19)/t7-,8-,9+/m0/s1. The van der Waals surface area contributed by atoms with Gasteiger partial charge in [-0.3, -0.25) is 4.79 Å². The molecule has 1 fully saturated rings. The number of hydrogen-bond acceptors (Lipinski definition) is 3. The largest absolute Gasteiger partial charge is 0.465 e. The van der Waals surface area contributed by atoms with Crippen molar-refractivity contribution in [1.29, 1.82) is 0 Å². The molecule has 2 N–H and O–H groups in total. The second kappa shape index (κ2) is 6.84. The second-order valence-corrected chi connectivity index (χ2v) is 4.69. The number of carboxylic acid groups (broad SMARTS) is 1. The van der Waals surface area contributed by atoms with Gasteiger partial charge in [0, 0.05) is 30.5 Å². The van der Waals surface area contributed by atoms with Crippen LogP contribution in [-0.2, 0) is 4.79 Å². The molecule has 19 heavy (non-hydrogen) atoms. The Morgan fingerprint density at radius 1 is 1.53 bits per heavy atom. The summed E-state index contributed by atoms with van der Waals surface area (Å²) in [5.41, 5.74) is 8.48. The normalized spacial score (nSPS) is 26.1. The Hall–Kier alpha value is -1.95. The molecule has 3 atom stereocenters. The summed E-state index contributed by atoms with van der Waals surface area (Å²) in [5, 5.41) is 14.7. The predicted molar refractivity (Wildman–Crippen MR) is 68.5 cm³/mol. The number of azide groups is 1. The Labute approximate surface area is 111 Å². The van der Waals surface area contributed by atoms with E-state index < -0.39 is 18.2 Å². The molecule has 0 aromatic rings. The van der Waals surface area contributed by atoms with Crippen molar-refractivity contribution >= 4 is 12.0 Å². The summed E-state index contributed by atoms with van der Waals surface area (Å²) >= 11 is 0. The number of rotatable bonds is 4. The molecule has 0 aromatic carbocycles. The number of carbonyl (C=O) groups excluding carboxylic acids is 1. The Kier molecular flexibility index (Phi) is 5.44. The van der Waals surface area contributed by atoms with E-state index in [1.807, 2.05) is 6.92 Å². The minimum Gasteiger partial charge on any atom is -0.465 e. The van der Waals surface area contributed by atoms with E-state index in [2.05, 4.69) is 15.3 Å². The lowest BCUT2D eigenvalue weighted by Gasteiger charge is -2.34. The summed E-state index contributed by atoms with van der Waals surface area (Å²) in [6, 6.07) is -0.918. The zero-order chi connectivity index (χ0) is 14.4. The number of amides is 2. The fourth-order valence-electron chi connectivity index (χ4n) is 2.36. The van der Waals surface area contributed by atoms with Gasteiger partial charge in [0.05, 0.1) is 6.04 Å². The summed E-state index contributed by atoms with van der Waals surface area (Å²) in [7, 11) is 1.72. The van der Waals surface area contributed by atoms with Crippen LogP contribution in [0.5, 0.6) is 0 Å². The maximum absolute atomic E-state index is 12.1. The maximum atomic E-state index is 12.1. The van der Waals surface area contributed by atoms with Crippen molar-refractivity contribution < 1.29 is 14.7 Å². The fraction of sp³-hybridized carbons (Fsp3) is 0.818. The third-order valence-corrected chi connectivity index (χ3v) is 3.52. The Morgan fingerprint density at radius 3 is 2.74 bits per heavy atom. The molecule has 1 aliphatic carbocycles. The van der Waals surface area contributed by atoms with Gasteiger partial charge < -0.3 is 15.3 Å². The molecule has 0 heterocycles. The zero-order valence-electron chi connectivity index (χ0n) is 11.1. The van der Waals surface area contributed by atoms with Crippen LogP contribution in [0.1, 0.15) is 26.2 Å². The van der Waals surface area contributed by atoms with Crippen molar-refractivity contribution in [1.82, 2.24) is 10.2 Å². The number of carbonyl (C=O) groups is 2. The van der Waals surface area contributed by atoms with Gasteiger partial charge in [0.15, 0.2) is 0 Å². The molecule has 2 amide bonds. The van der Waals surface area contributed by atoms with Crippen LogP contribution < -0.4 is 5.32 Å². The Morgan fingerprint density at radius 2 is 2.21 bits per heavy atom. The predicted octanol–water partition coefficient (Wildman–Crippen LogP) is 1.58. The first-order chi connectivity index (χ1) is 8.99. The van der Waals surface area contributed by atoms with Crippen molar-refractivity contribution in [3.8, 4) is 0 Å². The average molecular weight is 269 g/mol. The summed E-state index contributed by atoms with van der Waals surface area (Å²) < 4.78 is 0. The van der Waals surface area contributed by atoms with Crippen LogP contribution in [0.15, 0.2) is 5.11 Å². The highest BCUT2D eigenvalue weighted by Gasteiger charge is 2.35. The van der Waals surface area contributed by atoms with Crippen molar-refractivity contribution in [2.75, 3.05) is 13.6 Å². The first-order valence-corrected chi connectivity index (χ1v) is 6.28. The molecule has 1 saturated carbocycles. The molecule has 1 aliphatic rings. The lowest BCUT2D eigenvalue weighted by molar-refractivity contribution is -0.135. The minimum absolute atomic E-state index is 0.0130. The van der Waals surface area contributed by atoms with Gasteiger partial charge in [-0.25, -0.2) is 4.79 Å². The molecule has 8 heteroatoms. The molecule has 106 valence electrons. The van der Waals surface area contributed by atoms with Gasteiger partial charge in [0.2, 0.25) is 5.91 Å². The first kappa shape index (κ1) is 15.1. The molecule has 0 radical (unpaired) electrons. The van der Waals surface area contributed by atoms with Crippen LogP contribution in [0.4, 0.5) is 4.79 Å². The smallest absolute Gasteiger partial charge is 0.404 e. The molecule has 0 unspecified atom stereocenters. The summed E-state index contributed by atoms with van der Waals surface area (Å²) in [4.78, 5) is 27.2. The van der Waals surface area contributed by atoms with Gasteiger partial charge >= 0.3 is 6.09 Å². The van der Waals surface area contributed by atoms with Crippen LogP contribution in [0.2, 0.25) is 0 Å². The molecule has 0 aromatic heterocycles. The monoisotopic (exact) mass is 269 g/mol. The van der Waals surface area contributed by atoms with E-state index in [-0.39, 0.29) is 11.8 Å². The molecule has 0 aliphatic heterocycles. The van der Waals surface area contributed by atoms with E-state index in [1.54, 1.807) is 11.9 Å². The third kappa shape index (κ3) is 4.03. The zero-order valence-corrected chi connectivity index (χ0v) is 11.1. The van der Waals surface area contributed by atoms with Gasteiger partial charge in [0.25, 0.3) is 0 Å². The number of hydrogen-bond donors (Lipinski definition) is 2. The van der Waals surface area contributed by atoms with Crippen LogP contribution in [0, 0.1) is 5.92 Å². The van der Waals surface area contributed by atoms with Gasteiger partial charge in [0.1, 0.15) is 0 Å². The van der Waals surface area contributed by atoms with E-state index in [0.29, 0.717) is 25.8 Å².